The second kappa shape index (κ2) is 13.1. The molecule has 5 rings (SSSR count). The normalized spacial score (nSPS) is 20.8. The Morgan fingerprint density at radius 1 is 1.07 bits per heavy atom. The molecule has 2 aromatic carbocycles. The lowest BCUT2D eigenvalue weighted by Gasteiger charge is -2.45. The third-order valence-electron chi connectivity index (χ3n) is 8.63. The largest absolute Gasteiger partial charge is 0.462 e. The van der Waals surface area contributed by atoms with E-state index >= 15 is 0 Å². The van der Waals surface area contributed by atoms with E-state index < -0.39 is 11.5 Å². The van der Waals surface area contributed by atoms with Gasteiger partial charge >= 0.3 is 12.1 Å². The van der Waals surface area contributed by atoms with Crippen molar-refractivity contribution in [3.63, 3.8) is 0 Å². The summed E-state index contributed by atoms with van der Waals surface area (Å²) >= 11 is 0. The number of hydrogen-bond acceptors (Lipinski definition) is 9. The minimum atomic E-state index is -0.596. The zero-order valence-corrected chi connectivity index (χ0v) is 27.6. The van der Waals surface area contributed by atoms with Crippen LogP contribution in [-0.4, -0.2) is 88.8 Å². The van der Waals surface area contributed by atoms with Crippen LogP contribution in [0.4, 0.5) is 22.0 Å². The number of likely N-dealkylation sites (N-methyl/N-ethyl adjacent to an activating group) is 1. The summed E-state index contributed by atoms with van der Waals surface area (Å²) in [5.41, 5.74) is 8.20. The van der Waals surface area contributed by atoms with Gasteiger partial charge in [0.1, 0.15) is 17.9 Å². The summed E-state index contributed by atoms with van der Waals surface area (Å²) in [5.74, 6) is -0.0222. The average Bonchev–Trinajstić information content (AvgIpc) is 3.40. The van der Waals surface area contributed by atoms with Crippen LogP contribution in [0.3, 0.4) is 0 Å². The smallest absolute Gasteiger partial charge is 0.410 e. The molecule has 2 fully saturated rings. The van der Waals surface area contributed by atoms with Crippen LogP contribution in [-0.2, 0) is 11.2 Å². The lowest BCUT2D eigenvalue weighted by molar-refractivity contribution is 0.0192. The number of carbonyl (C=O) groups is 2. The van der Waals surface area contributed by atoms with Crippen molar-refractivity contribution in [2.45, 2.75) is 84.5 Å². The number of aromatic nitrogens is 2. The van der Waals surface area contributed by atoms with Crippen molar-refractivity contribution in [3.8, 4) is 6.01 Å². The fourth-order valence-electron chi connectivity index (χ4n) is 6.45. The van der Waals surface area contributed by atoms with Gasteiger partial charge in [0.05, 0.1) is 0 Å². The second-order valence-electron chi connectivity index (χ2n) is 13.3. The summed E-state index contributed by atoms with van der Waals surface area (Å²) in [4.78, 5) is 42.3. The maximum atomic E-state index is 14.0. The Kier molecular flexibility index (Phi) is 9.38. The van der Waals surface area contributed by atoms with Crippen LogP contribution in [0, 0.1) is 0 Å². The van der Waals surface area contributed by atoms with E-state index in [4.69, 9.17) is 20.2 Å². The minimum absolute atomic E-state index is 0.0507. The highest BCUT2D eigenvalue weighted by atomic mass is 16.6. The zero-order chi connectivity index (χ0) is 32.5. The standard InChI is InChI=1S/C34H47N7O4/c1-8-23-12-9-13-24-14-10-16-26(27(23)24)36-31(42)29-28(35)30(38-32(37-29)44-20-25-15-11-17-39(25)7)41-21(2)18-40(19-22(41)3)33(43)45-34(4,5)6/h9-10,12-14,16,21-22,25H,8,11,15,17-20,35H2,1-7H3,(H,36,42)/t21-,22-,25-/m0/s1. The van der Waals surface area contributed by atoms with E-state index in [2.05, 4.69) is 40.1 Å². The first kappa shape index (κ1) is 32.3. The lowest BCUT2D eigenvalue weighted by atomic mass is 10.0. The van der Waals surface area contributed by atoms with E-state index in [0.29, 0.717) is 31.2 Å². The number of anilines is 3. The average molecular weight is 618 g/mol. The molecule has 11 nitrogen and oxygen atoms in total. The molecule has 0 bridgehead atoms. The maximum Gasteiger partial charge on any atom is 0.410 e. The molecule has 45 heavy (non-hydrogen) atoms. The molecular formula is C34H47N7O4. The lowest BCUT2D eigenvalue weighted by Crippen LogP contribution is -2.59. The molecule has 3 aromatic rings. The molecular weight excluding hydrogens is 570 g/mol. The first-order chi connectivity index (χ1) is 21.4. The number of nitrogens with two attached hydrogens (primary N) is 1. The van der Waals surface area contributed by atoms with Crippen LogP contribution in [0.15, 0.2) is 36.4 Å². The number of fused-ring (bicyclic) bond motifs is 1. The van der Waals surface area contributed by atoms with Crippen LogP contribution in [0.25, 0.3) is 10.8 Å². The quantitative estimate of drug-likeness (QED) is 0.362. The predicted octanol–water partition coefficient (Wildman–Crippen LogP) is 5.33. The third-order valence-corrected chi connectivity index (χ3v) is 8.63. The fourth-order valence-corrected chi connectivity index (χ4v) is 6.45. The van der Waals surface area contributed by atoms with E-state index in [-0.39, 0.29) is 41.6 Å². The molecule has 2 aliphatic rings. The number of amides is 2. The van der Waals surface area contributed by atoms with Gasteiger partial charge in [0.15, 0.2) is 11.5 Å². The van der Waals surface area contributed by atoms with E-state index in [9.17, 15) is 9.59 Å². The molecule has 3 N–H and O–H groups in total. The van der Waals surface area contributed by atoms with Crippen LogP contribution in [0.1, 0.15) is 70.4 Å². The molecule has 11 heteroatoms. The van der Waals surface area contributed by atoms with Crippen LogP contribution >= 0.6 is 0 Å². The van der Waals surface area contributed by atoms with Gasteiger partial charge in [-0.05, 0) is 84.5 Å². The number of piperazine rings is 1. The molecule has 1 aromatic heterocycles. The van der Waals surface area contributed by atoms with E-state index in [1.807, 2.05) is 65.0 Å². The summed E-state index contributed by atoms with van der Waals surface area (Å²) in [6.45, 7) is 13.9. The van der Waals surface area contributed by atoms with Crippen molar-refractivity contribution in [1.82, 2.24) is 19.8 Å². The van der Waals surface area contributed by atoms with Crippen LogP contribution < -0.4 is 20.7 Å². The van der Waals surface area contributed by atoms with Gasteiger partial charge in [0.25, 0.3) is 5.91 Å². The number of nitrogens with one attached hydrogen (secondary N) is 1. The van der Waals surface area contributed by atoms with Gasteiger partial charge in [-0.2, -0.15) is 9.97 Å². The number of likely N-dealkylation sites (tertiary alicyclic amines) is 1. The Morgan fingerprint density at radius 2 is 1.76 bits per heavy atom. The van der Waals surface area contributed by atoms with Crippen molar-refractivity contribution in [2.24, 2.45) is 0 Å². The van der Waals surface area contributed by atoms with E-state index in [0.717, 1.165) is 42.1 Å². The predicted molar refractivity (Wildman–Crippen MR) is 178 cm³/mol. The SMILES string of the molecule is CCc1cccc2cccc(NC(=O)c3nc(OC[C@@H]4CCCN4C)nc(N4[C@@H](C)CN(C(=O)OC(C)(C)C)C[C@@H]4C)c3N)c12. The molecule has 0 unspecified atom stereocenters. The molecule has 3 atom stereocenters. The summed E-state index contributed by atoms with van der Waals surface area (Å²) < 4.78 is 11.8. The Hall–Kier alpha value is -4.12. The monoisotopic (exact) mass is 617 g/mol. The zero-order valence-electron chi connectivity index (χ0n) is 27.6. The van der Waals surface area contributed by atoms with Gasteiger partial charge in [0.2, 0.25) is 0 Å². The highest BCUT2D eigenvalue weighted by Crippen LogP contribution is 2.34. The van der Waals surface area contributed by atoms with Crippen molar-refractivity contribution < 1.29 is 19.1 Å². The Bertz CT molecular complexity index is 1540. The van der Waals surface area contributed by atoms with Crippen molar-refractivity contribution in [1.29, 1.82) is 0 Å². The van der Waals surface area contributed by atoms with Gasteiger partial charge in [0, 0.05) is 42.3 Å². The second-order valence-corrected chi connectivity index (χ2v) is 13.3. The van der Waals surface area contributed by atoms with E-state index in [1.165, 1.54) is 0 Å². The molecule has 0 radical (unpaired) electrons. The van der Waals surface area contributed by atoms with E-state index in [1.54, 1.807) is 4.90 Å². The molecule has 0 saturated carbocycles. The van der Waals surface area contributed by atoms with Crippen molar-refractivity contribution in [3.05, 3.63) is 47.7 Å². The molecule has 2 aliphatic heterocycles. The first-order valence-electron chi connectivity index (χ1n) is 15.9. The molecule has 0 aliphatic carbocycles. The number of nitrogens with zero attached hydrogens (tertiary/aromatic N) is 5. The van der Waals surface area contributed by atoms with Gasteiger partial charge in [-0.25, -0.2) is 4.79 Å². The number of benzene rings is 2. The van der Waals surface area contributed by atoms with Crippen molar-refractivity contribution >= 4 is 40.0 Å². The number of ether oxygens (including phenoxy) is 2. The first-order valence-corrected chi connectivity index (χ1v) is 15.9. The maximum absolute atomic E-state index is 14.0. The summed E-state index contributed by atoms with van der Waals surface area (Å²) in [5, 5.41) is 5.11. The summed E-state index contributed by atoms with van der Waals surface area (Å²) in [6, 6.07) is 12.0. The summed E-state index contributed by atoms with van der Waals surface area (Å²) in [7, 11) is 2.08. The Balaban J connectivity index is 1.48. The third kappa shape index (κ3) is 7.08. The number of carbonyl (C=O) groups excluding carboxylic acids is 2. The molecule has 3 heterocycles. The van der Waals surface area contributed by atoms with Gasteiger partial charge in [-0.15, -0.1) is 0 Å². The highest BCUT2D eigenvalue weighted by molar-refractivity contribution is 6.12. The fraction of sp³-hybridized carbons (Fsp3) is 0.529. The minimum Gasteiger partial charge on any atom is -0.462 e. The number of nitrogen functional groups attached to an aromatic ring is 1. The number of rotatable bonds is 7. The number of hydrogen-bond donors (Lipinski definition) is 2. The van der Waals surface area contributed by atoms with Gasteiger partial charge in [-0.3, -0.25) is 4.79 Å². The summed E-state index contributed by atoms with van der Waals surface area (Å²) in [6.07, 6.45) is 2.59. The topological polar surface area (TPSA) is 126 Å². The van der Waals surface area contributed by atoms with Crippen molar-refractivity contribution in [2.75, 3.05) is 49.2 Å². The van der Waals surface area contributed by atoms with Gasteiger partial charge < -0.3 is 35.2 Å². The number of aryl methyl sites for hydroxylation is 1. The van der Waals surface area contributed by atoms with Gasteiger partial charge in [-0.1, -0.05) is 37.3 Å². The van der Waals surface area contributed by atoms with Crippen LogP contribution in [0.5, 0.6) is 6.01 Å². The Morgan fingerprint density at radius 3 is 2.38 bits per heavy atom. The molecule has 2 saturated heterocycles. The molecule has 2 amide bonds. The molecule has 0 spiro atoms. The van der Waals surface area contributed by atoms with Crippen LogP contribution in [0.2, 0.25) is 0 Å². The molecule has 242 valence electrons. The highest BCUT2D eigenvalue weighted by Gasteiger charge is 2.37. The Labute approximate surface area is 266 Å².